The van der Waals surface area contributed by atoms with E-state index in [1.54, 1.807) is 0 Å². The van der Waals surface area contributed by atoms with Gasteiger partial charge in [0, 0.05) is 34.8 Å². The molecular formula is C25H23NO2. The second-order valence-electron chi connectivity index (χ2n) is 9.09. The Morgan fingerprint density at radius 2 is 1.68 bits per heavy atom. The molecule has 3 heteroatoms. The number of Topliss-reactive ketones (excluding diaryl/α,β-unsaturated/α-hetero) is 2. The monoisotopic (exact) mass is 369 g/mol. The summed E-state index contributed by atoms with van der Waals surface area (Å²) in [6.45, 7) is 6.31. The van der Waals surface area contributed by atoms with Crippen LogP contribution in [-0.2, 0) is 4.79 Å². The molecule has 1 fully saturated rings. The molecule has 2 aliphatic carbocycles. The first-order valence-electron chi connectivity index (χ1n) is 9.91. The maximum atomic E-state index is 13.4. The molecule has 0 aromatic heterocycles. The van der Waals surface area contributed by atoms with E-state index in [1.165, 1.54) is 0 Å². The summed E-state index contributed by atoms with van der Waals surface area (Å²) < 4.78 is 0. The van der Waals surface area contributed by atoms with Gasteiger partial charge in [0.25, 0.3) is 0 Å². The van der Waals surface area contributed by atoms with Crippen molar-refractivity contribution >= 4 is 23.0 Å². The van der Waals surface area contributed by atoms with Crippen molar-refractivity contribution in [1.29, 1.82) is 0 Å². The van der Waals surface area contributed by atoms with Gasteiger partial charge in [-0.3, -0.25) is 14.6 Å². The molecule has 0 radical (unpaired) electrons. The van der Waals surface area contributed by atoms with Gasteiger partial charge >= 0.3 is 0 Å². The van der Waals surface area contributed by atoms with E-state index in [0.717, 1.165) is 34.5 Å². The number of rotatable bonds is 1. The van der Waals surface area contributed by atoms with Crippen LogP contribution in [0.1, 0.15) is 59.7 Å². The first-order chi connectivity index (χ1) is 13.4. The Labute approximate surface area is 165 Å². The van der Waals surface area contributed by atoms with Crippen molar-refractivity contribution < 1.29 is 9.59 Å². The molecule has 2 aromatic carbocycles. The molecule has 1 saturated carbocycles. The number of carbonyl (C=O) groups is 2. The number of benzene rings is 2. The second-order valence-corrected chi connectivity index (χ2v) is 9.09. The van der Waals surface area contributed by atoms with Crippen LogP contribution < -0.4 is 0 Å². The molecule has 1 heterocycles. The molecular weight excluding hydrogens is 346 g/mol. The molecule has 0 saturated heterocycles. The standard InChI is InChI=1S/C25H23NO2/c1-14-7-6-8-15(11-14)20-21-18(12-25(2,3)13-19(21)27)26-23-16-9-4-5-10-17(16)24(28)22(20)23/h4-11,20-21H,12-13H2,1-3H3/t20-,21-/m1/s1. The van der Waals surface area contributed by atoms with Crippen LogP contribution in [0.5, 0.6) is 0 Å². The predicted octanol–water partition coefficient (Wildman–Crippen LogP) is 5.15. The molecule has 140 valence electrons. The average Bonchev–Trinajstić information content (AvgIpc) is 2.92. The van der Waals surface area contributed by atoms with E-state index < -0.39 is 0 Å². The van der Waals surface area contributed by atoms with Gasteiger partial charge in [0.2, 0.25) is 0 Å². The first kappa shape index (κ1) is 17.3. The van der Waals surface area contributed by atoms with E-state index in [1.807, 2.05) is 43.3 Å². The van der Waals surface area contributed by atoms with E-state index in [9.17, 15) is 9.59 Å². The van der Waals surface area contributed by atoms with Crippen LogP contribution in [0, 0.1) is 18.3 Å². The number of carbonyl (C=O) groups excluding carboxylic acids is 2. The van der Waals surface area contributed by atoms with Crippen LogP contribution in [0.25, 0.3) is 5.70 Å². The Kier molecular flexibility index (Phi) is 3.61. The summed E-state index contributed by atoms with van der Waals surface area (Å²) in [5, 5.41) is 0. The van der Waals surface area contributed by atoms with Gasteiger partial charge in [-0.15, -0.1) is 0 Å². The minimum Gasteiger partial charge on any atom is -0.299 e. The molecule has 28 heavy (non-hydrogen) atoms. The Balaban J connectivity index is 1.77. The van der Waals surface area contributed by atoms with E-state index in [2.05, 4.69) is 26.0 Å². The van der Waals surface area contributed by atoms with Gasteiger partial charge in [-0.05, 0) is 24.3 Å². The summed E-state index contributed by atoms with van der Waals surface area (Å²) in [6.07, 6.45) is 1.32. The van der Waals surface area contributed by atoms with Gasteiger partial charge in [-0.25, -0.2) is 0 Å². The molecule has 5 rings (SSSR count). The SMILES string of the molecule is Cc1cccc([C@H]2C3=C(N=C4CC(C)(C)CC(=O)[C@@H]42)c2ccccc2C3=O)c1. The molecule has 0 amide bonds. The third-order valence-corrected chi connectivity index (χ3v) is 6.25. The third kappa shape index (κ3) is 2.46. The normalized spacial score (nSPS) is 25.2. The third-order valence-electron chi connectivity index (χ3n) is 6.25. The van der Waals surface area contributed by atoms with Crippen molar-refractivity contribution in [3.63, 3.8) is 0 Å². The molecule has 0 unspecified atom stereocenters. The number of fused-ring (bicyclic) bond motifs is 3. The first-order valence-corrected chi connectivity index (χ1v) is 9.91. The van der Waals surface area contributed by atoms with Crippen molar-refractivity contribution in [3.05, 3.63) is 76.4 Å². The van der Waals surface area contributed by atoms with Crippen LogP contribution >= 0.6 is 0 Å². The van der Waals surface area contributed by atoms with Crippen LogP contribution in [-0.4, -0.2) is 17.3 Å². The summed E-state index contributed by atoms with van der Waals surface area (Å²) in [6, 6.07) is 15.9. The highest BCUT2D eigenvalue weighted by Crippen LogP contribution is 2.51. The van der Waals surface area contributed by atoms with Crippen molar-refractivity contribution in [1.82, 2.24) is 0 Å². The van der Waals surface area contributed by atoms with Crippen LogP contribution in [0.15, 0.2) is 59.1 Å². The molecule has 2 atom stereocenters. The number of aryl methyl sites for hydroxylation is 1. The summed E-state index contributed by atoms with van der Waals surface area (Å²) in [5.74, 6) is -0.341. The number of hydrogen-bond donors (Lipinski definition) is 0. The Morgan fingerprint density at radius 3 is 2.43 bits per heavy atom. The molecule has 3 aliphatic rings. The Bertz CT molecular complexity index is 1100. The second kappa shape index (κ2) is 5.84. The van der Waals surface area contributed by atoms with Gasteiger partial charge < -0.3 is 0 Å². The lowest BCUT2D eigenvalue weighted by atomic mass is 9.63. The zero-order valence-corrected chi connectivity index (χ0v) is 16.5. The number of ketones is 2. The molecule has 2 aromatic rings. The minimum absolute atomic E-state index is 0.0255. The quantitative estimate of drug-likeness (QED) is 0.698. The topological polar surface area (TPSA) is 46.5 Å². The summed E-state index contributed by atoms with van der Waals surface area (Å²) in [7, 11) is 0. The van der Waals surface area contributed by atoms with Crippen molar-refractivity contribution in [2.45, 2.75) is 39.5 Å². The summed E-state index contributed by atoms with van der Waals surface area (Å²) in [5.41, 5.74) is 6.12. The summed E-state index contributed by atoms with van der Waals surface area (Å²) in [4.78, 5) is 31.6. The van der Waals surface area contributed by atoms with Gasteiger partial charge in [0.15, 0.2) is 5.78 Å². The predicted molar refractivity (Wildman–Crippen MR) is 111 cm³/mol. The fourth-order valence-electron chi connectivity index (χ4n) is 5.14. The number of nitrogens with zero attached hydrogens (tertiary/aromatic N) is 1. The fourth-order valence-corrected chi connectivity index (χ4v) is 5.14. The molecule has 1 aliphatic heterocycles. The average molecular weight is 369 g/mol. The van der Waals surface area contributed by atoms with Crippen molar-refractivity contribution in [2.24, 2.45) is 16.3 Å². The number of aliphatic imine (C=N–C) groups is 1. The van der Waals surface area contributed by atoms with E-state index >= 15 is 0 Å². The van der Waals surface area contributed by atoms with Crippen LogP contribution in [0.2, 0.25) is 0 Å². The highest BCUT2D eigenvalue weighted by Gasteiger charge is 2.49. The Morgan fingerprint density at radius 1 is 0.929 bits per heavy atom. The molecule has 0 bridgehead atoms. The van der Waals surface area contributed by atoms with Gasteiger partial charge in [0.05, 0.1) is 11.6 Å². The number of allylic oxidation sites excluding steroid dienone is 1. The smallest absolute Gasteiger partial charge is 0.192 e. The zero-order valence-electron chi connectivity index (χ0n) is 16.5. The lowest BCUT2D eigenvalue weighted by Gasteiger charge is -2.40. The minimum atomic E-state index is -0.327. The maximum Gasteiger partial charge on any atom is 0.192 e. The highest BCUT2D eigenvalue weighted by atomic mass is 16.1. The Hall–Kier alpha value is -2.81. The molecule has 0 spiro atoms. The van der Waals surface area contributed by atoms with Gasteiger partial charge in [0.1, 0.15) is 5.78 Å². The van der Waals surface area contributed by atoms with E-state index in [-0.39, 0.29) is 28.8 Å². The molecule has 0 N–H and O–H groups in total. The van der Waals surface area contributed by atoms with Crippen LogP contribution in [0.3, 0.4) is 0 Å². The van der Waals surface area contributed by atoms with Crippen molar-refractivity contribution in [2.75, 3.05) is 0 Å². The summed E-state index contributed by atoms with van der Waals surface area (Å²) >= 11 is 0. The lowest BCUT2D eigenvalue weighted by molar-refractivity contribution is -0.124. The lowest BCUT2D eigenvalue weighted by Crippen LogP contribution is -2.43. The van der Waals surface area contributed by atoms with Gasteiger partial charge in [-0.2, -0.15) is 0 Å². The van der Waals surface area contributed by atoms with E-state index in [0.29, 0.717) is 17.6 Å². The van der Waals surface area contributed by atoms with E-state index in [4.69, 9.17) is 4.99 Å². The van der Waals surface area contributed by atoms with Crippen molar-refractivity contribution in [3.8, 4) is 0 Å². The molecule has 3 nitrogen and oxygen atoms in total. The fraction of sp³-hybridized carbons (Fsp3) is 0.320. The van der Waals surface area contributed by atoms with Crippen LogP contribution in [0.4, 0.5) is 0 Å². The maximum absolute atomic E-state index is 13.4. The largest absolute Gasteiger partial charge is 0.299 e. The van der Waals surface area contributed by atoms with Gasteiger partial charge in [-0.1, -0.05) is 67.9 Å². The number of hydrogen-bond acceptors (Lipinski definition) is 3. The highest BCUT2D eigenvalue weighted by molar-refractivity contribution is 6.25. The zero-order chi connectivity index (χ0) is 19.6.